The van der Waals surface area contributed by atoms with Crippen LogP contribution in [0, 0.1) is 11.3 Å². The number of benzene rings is 2. The number of fused-ring (bicyclic) bond motifs is 1. The maximum absolute atomic E-state index is 12.4. The van der Waals surface area contributed by atoms with Crippen LogP contribution in [-0.2, 0) is 9.53 Å². The Bertz CT molecular complexity index is 765. The van der Waals surface area contributed by atoms with Crippen molar-refractivity contribution in [2.45, 2.75) is 31.7 Å². The smallest absolute Gasteiger partial charge is 0.328 e. The number of nitriles is 1. The van der Waals surface area contributed by atoms with Gasteiger partial charge in [-0.2, -0.15) is 5.26 Å². The predicted octanol–water partition coefficient (Wildman–Crippen LogP) is 3.20. The summed E-state index contributed by atoms with van der Waals surface area (Å²) in [6, 6.07) is 14.5. The van der Waals surface area contributed by atoms with Crippen molar-refractivity contribution < 1.29 is 14.3 Å². The molecule has 1 N–H and O–H groups in total. The van der Waals surface area contributed by atoms with E-state index in [0.29, 0.717) is 31.2 Å². The zero-order valence-corrected chi connectivity index (χ0v) is 13.6. The lowest BCUT2D eigenvalue weighted by molar-refractivity contribution is -0.143. The molecule has 0 saturated carbocycles. The van der Waals surface area contributed by atoms with Crippen molar-refractivity contribution >= 4 is 22.6 Å². The number of ether oxygens (including phenoxy) is 1. The molecule has 0 fully saturated rings. The van der Waals surface area contributed by atoms with Crippen LogP contribution in [0.2, 0.25) is 0 Å². The van der Waals surface area contributed by atoms with E-state index in [1.165, 1.54) is 7.11 Å². The van der Waals surface area contributed by atoms with Gasteiger partial charge in [-0.1, -0.05) is 30.3 Å². The molecule has 124 valence electrons. The van der Waals surface area contributed by atoms with Crippen LogP contribution in [0.4, 0.5) is 0 Å². The van der Waals surface area contributed by atoms with Crippen LogP contribution in [0.25, 0.3) is 10.8 Å². The van der Waals surface area contributed by atoms with Gasteiger partial charge in [0, 0.05) is 12.0 Å². The Balaban J connectivity index is 2.07. The normalized spacial score (nSPS) is 11.5. The first-order valence-electron chi connectivity index (χ1n) is 7.90. The summed E-state index contributed by atoms with van der Waals surface area (Å²) in [5.74, 6) is -0.780. The van der Waals surface area contributed by atoms with Crippen LogP contribution in [0.5, 0.6) is 0 Å². The summed E-state index contributed by atoms with van der Waals surface area (Å²) < 4.78 is 4.76. The van der Waals surface area contributed by atoms with Gasteiger partial charge in [-0.25, -0.2) is 4.79 Å². The maximum atomic E-state index is 12.4. The van der Waals surface area contributed by atoms with Gasteiger partial charge in [-0.05, 0) is 42.2 Å². The van der Waals surface area contributed by atoms with Gasteiger partial charge in [0.05, 0.1) is 13.2 Å². The number of hydrogen-bond acceptors (Lipinski definition) is 4. The average molecular weight is 324 g/mol. The van der Waals surface area contributed by atoms with Crippen LogP contribution in [0.3, 0.4) is 0 Å². The van der Waals surface area contributed by atoms with Crippen LogP contribution in [-0.4, -0.2) is 25.0 Å². The second-order valence-corrected chi connectivity index (χ2v) is 5.52. The summed E-state index contributed by atoms with van der Waals surface area (Å²) >= 11 is 0. The van der Waals surface area contributed by atoms with Crippen molar-refractivity contribution in [2.75, 3.05) is 7.11 Å². The van der Waals surface area contributed by atoms with E-state index in [9.17, 15) is 9.59 Å². The molecule has 5 nitrogen and oxygen atoms in total. The third kappa shape index (κ3) is 4.56. The lowest BCUT2D eigenvalue weighted by atomic mass is 10.1. The summed E-state index contributed by atoms with van der Waals surface area (Å²) in [6.45, 7) is 0. The Morgan fingerprint density at radius 3 is 2.62 bits per heavy atom. The number of carbonyl (C=O) groups excluding carboxylic acids is 2. The van der Waals surface area contributed by atoms with Gasteiger partial charge in [0.1, 0.15) is 6.04 Å². The second kappa shape index (κ2) is 8.68. The molecule has 5 heteroatoms. The first-order chi connectivity index (χ1) is 11.7. The Morgan fingerprint density at radius 2 is 1.92 bits per heavy atom. The SMILES string of the molecule is COC(=O)[C@@H](CCCCC#N)NC(=O)c1ccc2ccccc2c1. The Hall–Kier alpha value is -2.87. The van der Waals surface area contributed by atoms with E-state index in [-0.39, 0.29) is 5.91 Å². The van der Waals surface area contributed by atoms with E-state index in [2.05, 4.69) is 11.4 Å². The van der Waals surface area contributed by atoms with Crippen molar-refractivity contribution in [3.63, 3.8) is 0 Å². The fraction of sp³-hybridized carbons (Fsp3) is 0.316. The summed E-state index contributed by atoms with van der Waals surface area (Å²) in [5.41, 5.74) is 0.500. The molecule has 0 radical (unpaired) electrons. The van der Waals surface area contributed by atoms with E-state index < -0.39 is 12.0 Å². The second-order valence-electron chi connectivity index (χ2n) is 5.52. The molecule has 0 bridgehead atoms. The van der Waals surface area contributed by atoms with Gasteiger partial charge >= 0.3 is 5.97 Å². The lowest BCUT2D eigenvalue weighted by Gasteiger charge is -2.16. The molecule has 0 aliphatic heterocycles. The number of amides is 1. The Morgan fingerprint density at radius 1 is 1.17 bits per heavy atom. The molecule has 2 rings (SSSR count). The van der Waals surface area contributed by atoms with Crippen LogP contribution < -0.4 is 5.32 Å². The average Bonchev–Trinajstić information content (AvgIpc) is 2.63. The van der Waals surface area contributed by atoms with Crippen LogP contribution in [0.15, 0.2) is 42.5 Å². The first kappa shape index (κ1) is 17.5. The summed E-state index contributed by atoms with van der Waals surface area (Å²) in [5, 5.41) is 13.3. The van der Waals surface area contributed by atoms with Crippen molar-refractivity contribution in [3.05, 3.63) is 48.0 Å². The molecule has 0 heterocycles. The molecule has 2 aromatic carbocycles. The Labute approximate surface area is 141 Å². The maximum Gasteiger partial charge on any atom is 0.328 e. The third-order valence-electron chi connectivity index (χ3n) is 3.83. The molecule has 2 aromatic rings. The highest BCUT2D eigenvalue weighted by Crippen LogP contribution is 2.16. The van der Waals surface area contributed by atoms with Gasteiger partial charge < -0.3 is 10.1 Å². The minimum Gasteiger partial charge on any atom is -0.467 e. The number of rotatable bonds is 7. The topological polar surface area (TPSA) is 79.2 Å². The number of hydrogen-bond donors (Lipinski definition) is 1. The molecule has 24 heavy (non-hydrogen) atoms. The largest absolute Gasteiger partial charge is 0.467 e. The zero-order chi connectivity index (χ0) is 17.4. The van der Waals surface area contributed by atoms with E-state index in [4.69, 9.17) is 10.00 Å². The number of nitrogens with zero attached hydrogens (tertiary/aromatic N) is 1. The van der Waals surface area contributed by atoms with Gasteiger partial charge in [-0.15, -0.1) is 0 Å². The molecular weight excluding hydrogens is 304 g/mol. The van der Waals surface area contributed by atoms with E-state index in [1.54, 1.807) is 12.1 Å². The molecule has 1 atom stereocenters. The number of unbranched alkanes of at least 4 members (excludes halogenated alkanes) is 2. The summed E-state index contributed by atoms with van der Waals surface area (Å²) in [4.78, 5) is 24.3. The van der Waals surface area contributed by atoms with Gasteiger partial charge in [0.15, 0.2) is 0 Å². The molecule has 0 aromatic heterocycles. The molecule has 0 aliphatic carbocycles. The number of nitrogens with one attached hydrogen (secondary N) is 1. The molecule has 1 amide bonds. The highest BCUT2D eigenvalue weighted by molar-refractivity contribution is 6.00. The van der Waals surface area contributed by atoms with Crippen molar-refractivity contribution in [3.8, 4) is 6.07 Å². The van der Waals surface area contributed by atoms with Crippen molar-refractivity contribution in [2.24, 2.45) is 0 Å². The standard InChI is InChI=1S/C19H20N2O3/c1-24-19(23)17(9-3-2-6-12-20)21-18(22)16-11-10-14-7-4-5-8-15(14)13-16/h4-5,7-8,10-11,13,17H,2-3,6,9H2,1H3,(H,21,22)/t17-/m1/s1. The lowest BCUT2D eigenvalue weighted by Crippen LogP contribution is -2.41. The monoisotopic (exact) mass is 324 g/mol. The number of methoxy groups -OCH3 is 1. The van der Waals surface area contributed by atoms with Gasteiger partial charge in [-0.3, -0.25) is 4.79 Å². The molecule has 0 saturated heterocycles. The van der Waals surface area contributed by atoms with E-state index in [0.717, 1.165) is 10.8 Å². The van der Waals surface area contributed by atoms with Crippen molar-refractivity contribution in [1.82, 2.24) is 5.32 Å². The highest BCUT2D eigenvalue weighted by atomic mass is 16.5. The summed E-state index contributed by atoms with van der Waals surface area (Å²) in [6.07, 6.45) is 2.25. The number of carbonyl (C=O) groups is 2. The first-order valence-corrected chi connectivity index (χ1v) is 7.90. The molecule has 0 spiro atoms. The van der Waals surface area contributed by atoms with Crippen molar-refractivity contribution in [1.29, 1.82) is 5.26 Å². The fourth-order valence-electron chi connectivity index (χ4n) is 2.52. The van der Waals surface area contributed by atoms with Crippen LogP contribution in [0.1, 0.15) is 36.0 Å². The quantitative estimate of drug-likeness (QED) is 0.626. The zero-order valence-electron chi connectivity index (χ0n) is 13.6. The molecule has 0 aliphatic rings. The van der Waals surface area contributed by atoms with Gasteiger partial charge in [0.25, 0.3) is 5.91 Å². The minimum atomic E-state index is -0.701. The summed E-state index contributed by atoms with van der Waals surface area (Å²) in [7, 11) is 1.30. The third-order valence-corrected chi connectivity index (χ3v) is 3.83. The van der Waals surface area contributed by atoms with E-state index >= 15 is 0 Å². The predicted molar refractivity (Wildman–Crippen MR) is 91.3 cm³/mol. The minimum absolute atomic E-state index is 0.309. The highest BCUT2D eigenvalue weighted by Gasteiger charge is 2.21. The number of esters is 1. The Kier molecular flexibility index (Phi) is 6.32. The van der Waals surface area contributed by atoms with Gasteiger partial charge in [0.2, 0.25) is 0 Å². The molecule has 0 unspecified atom stereocenters. The van der Waals surface area contributed by atoms with E-state index in [1.807, 2.05) is 30.3 Å². The molecular formula is C19H20N2O3. The fourth-order valence-corrected chi connectivity index (χ4v) is 2.52. The van der Waals surface area contributed by atoms with Crippen LogP contribution >= 0.6 is 0 Å².